The second-order valence-electron chi connectivity index (χ2n) is 5.64. The van der Waals surface area contributed by atoms with E-state index in [-0.39, 0.29) is 24.1 Å². The van der Waals surface area contributed by atoms with E-state index >= 15 is 0 Å². The van der Waals surface area contributed by atoms with Crippen molar-refractivity contribution < 1.29 is 9.53 Å². The van der Waals surface area contributed by atoms with Gasteiger partial charge in [0.15, 0.2) is 0 Å². The lowest BCUT2D eigenvalue weighted by atomic mass is 9.72. The Labute approximate surface area is 116 Å². The van der Waals surface area contributed by atoms with Gasteiger partial charge in [0.1, 0.15) is 0 Å². The molecule has 4 atom stereocenters. The van der Waals surface area contributed by atoms with E-state index in [1.165, 1.54) is 0 Å². The third kappa shape index (κ3) is 1.67. The molecule has 2 aliphatic rings. The number of H-pyrrole nitrogens is 1. The molecule has 0 radical (unpaired) electrons. The second kappa shape index (κ2) is 4.33. The fourth-order valence-corrected chi connectivity index (χ4v) is 3.36. The number of hydrogen-bond donors (Lipinski definition) is 3. The van der Waals surface area contributed by atoms with Crippen LogP contribution in [0, 0.1) is 5.92 Å². The fraction of sp³-hybridized carbons (Fsp3) is 0.400. The monoisotopic (exact) mass is 271 g/mol. The summed E-state index contributed by atoms with van der Waals surface area (Å²) in [4.78, 5) is 15.4. The van der Waals surface area contributed by atoms with Crippen LogP contribution < -0.4 is 11.1 Å². The lowest BCUT2D eigenvalue weighted by Gasteiger charge is -2.45. The highest BCUT2D eigenvalue weighted by molar-refractivity contribution is 5.98. The number of rotatable bonds is 2. The van der Waals surface area contributed by atoms with Gasteiger partial charge < -0.3 is 20.8 Å². The van der Waals surface area contributed by atoms with Crippen LogP contribution in [0.3, 0.4) is 0 Å². The Morgan fingerprint density at radius 3 is 3.20 bits per heavy atom. The van der Waals surface area contributed by atoms with Crippen molar-refractivity contribution in [2.24, 2.45) is 11.7 Å². The number of carbonyl (C=O) groups is 1. The molecule has 4 unspecified atom stereocenters. The number of ether oxygens (including phenoxy) is 1. The highest BCUT2D eigenvalue weighted by Crippen LogP contribution is 2.37. The molecule has 2 aromatic rings. The first-order chi connectivity index (χ1) is 9.74. The van der Waals surface area contributed by atoms with Crippen LogP contribution in [-0.4, -0.2) is 35.7 Å². The molecule has 20 heavy (non-hydrogen) atoms. The Morgan fingerprint density at radius 2 is 2.30 bits per heavy atom. The summed E-state index contributed by atoms with van der Waals surface area (Å²) in [7, 11) is 0. The van der Waals surface area contributed by atoms with Crippen molar-refractivity contribution in [1.29, 1.82) is 0 Å². The first kappa shape index (κ1) is 11.9. The summed E-state index contributed by atoms with van der Waals surface area (Å²) in [6.45, 7) is 0.755. The molecule has 0 bridgehead atoms. The number of aromatic amines is 1. The Kier molecular flexibility index (Phi) is 2.58. The van der Waals surface area contributed by atoms with E-state index in [0.717, 1.165) is 23.9 Å². The zero-order valence-corrected chi connectivity index (χ0v) is 11.0. The van der Waals surface area contributed by atoms with Gasteiger partial charge in [0.25, 0.3) is 5.91 Å². The lowest BCUT2D eigenvalue weighted by molar-refractivity contribution is -0.0161. The Hall–Kier alpha value is -1.85. The molecule has 0 spiro atoms. The number of hydrogen-bond acceptors (Lipinski definition) is 3. The molecule has 1 saturated carbocycles. The van der Waals surface area contributed by atoms with E-state index < -0.39 is 0 Å². The maximum absolute atomic E-state index is 12.3. The molecule has 1 saturated heterocycles. The number of fused-ring (bicyclic) bond motifs is 2. The first-order valence-corrected chi connectivity index (χ1v) is 6.99. The minimum absolute atomic E-state index is 0.0161. The topological polar surface area (TPSA) is 80.1 Å². The van der Waals surface area contributed by atoms with E-state index in [4.69, 9.17) is 10.5 Å². The Morgan fingerprint density at radius 1 is 1.40 bits per heavy atom. The number of nitrogens with one attached hydrogen (secondary N) is 2. The molecule has 5 nitrogen and oxygen atoms in total. The molecule has 104 valence electrons. The highest BCUT2D eigenvalue weighted by Gasteiger charge is 2.52. The summed E-state index contributed by atoms with van der Waals surface area (Å²) < 4.78 is 5.63. The van der Waals surface area contributed by atoms with Crippen molar-refractivity contribution >= 4 is 16.8 Å². The maximum atomic E-state index is 12.3. The summed E-state index contributed by atoms with van der Waals surface area (Å²) >= 11 is 0. The van der Waals surface area contributed by atoms with E-state index in [9.17, 15) is 4.79 Å². The fourth-order valence-electron chi connectivity index (χ4n) is 3.36. The molecule has 5 heteroatoms. The smallest absolute Gasteiger partial charge is 0.251 e. The van der Waals surface area contributed by atoms with Crippen LogP contribution in [0.15, 0.2) is 30.5 Å². The van der Waals surface area contributed by atoms with Gasteiger partial charge in [-0.25, -0.2) is 0 Å². The molecule has 4 rings (SSSR count). The van der Waals surface area contributed by atoms with E-state index in [0.29, 0.717) is 11.5 Å². The quantitative estimate of drug-likeness (QED) is 0.762. The van der Waals surface area contributed by atoms with Gasteiger partial charge in [-0.15, -0.1) is 0 Å². The molecule has 2 heterocycles. The summed E-state index contributed by atoms with van der Waals surface area (Å²) in [6, 6.07) is 7.54. The van der Waals surface area contributed by atoms with Gasteiger partial charge in [-0.2, -0.15) is 0 Å². The van der Waals surface area contributed by atoms with E-state index in [1.54, 1.807) is 0 Å². The average molecular weight is 271 g/mol. The third-order valence-corrected chi connectivity index (χ3v) is 4.56. The van der Waals surface area contributed by atoms with Gasteiger partial charge in [-0.05, 0) is 30.7 Å². The summed E-state index contributed by atoms with van der Waals surface area (Å²) in [5.74, 6) is 0.329. The Balaban J connectivity index is 1.52. The van der Waals surface area contributed by atoms with Gasteiger partial charge >= 0.3 is 0 Å². The molecule has 1 aromatic carbocycles. The standard InChI is InChI=1S/C15H17N3O2/c16-12-10-4-6-20-14(10)13(12)18-15(19)9-1-2-11-8(7-9)3-5-17-11/h1-3,5,7,10,12-14,17H,4,6,16H2,(H,18,19). The lowest BCUT2D eigenvalue weighted by Crippen LogP contribution is -2.68. The predicted molar refractivity (Wildman–Crippen MR) is 75.4 cm³/mol. The minimum Gasteiger partial charge on any atom is -0.376 e. The summed E-state index contributed by atoms with van der Waals surface area (Å²) in [5.41, 5.74) is 7.80. The first-order valence-electron chi connectivity index (χ1n) is 6.99. The highest BCUT2D eigenvalue weighted by atomic mass is 16.5. The molecule has 1 aliphatic heterocycles. The van der Waals surface area contributed by atoms with Gasteiger partial charge in [0, 0.05) is 41.2 Å². The molecule has 1 amide bonds. The van der Waals surface area contributed by atoms with Crippen LogP contribution >= 0.6 is 0 Å². The molecular weight excluding hydrogens is 254 g/mol. The molecule has 1 aromatic heterocycles. The SMILES string of the molecule is NC1C2CCOC2C1NC(=O)c1ccc2[nH]ccc2c1. The van der Waals surface area contributed by atoms with Crippen molar-refractivity contribution in [3.05, 3.63) is 36.0 Å². The number of benzene rings is 1. The van der Waals surface area contributed by atoms with Gasteiger partial charge in [0.05, 0.1) is 12.1 Å². The molecule has 4 N–H and O–H groups in total. The summed E-state index contributed by atoms with van der Waals surface area (Å²) in [6.07, 6.45) is 2.98. The largest absolute Gasteiger partial charge is 0.376 e. The number of carbonyl (C=O) groups excluding carboxylic acids is 1. The maximum Gasteiger partial charge on any atom is 0.251 e. The number of nitrogens with two attached hydrogens (primary N) is 1. The van der Waals surface area contributed by atoms with Gasteiger partial charge in [-0.3, -0.25) is 4.79 Å². The Bertz CT molecular complexity index is 666. The zero-order chi connectivity index (χ0) is 13.7. The van der Waals surface area contributed by atoms with Crippen LogP contribution in [0.4, 0.5) is 0 Å². The van der Waals surface area contributed by atoms with E-state index in [2.05, 4.69) is 10.3 Å². The third-order valence-electron chi connectivity index (χ3n) is 4.56. The number of aromatic nitrogens is 1. The molecule has 1 aliphatic carbocycles. The van der Waals surface area contributed by atoms with Crippen molar-refractivity contribution in [1.82, 2.24) is 10.3 Å². The van der Waals surface area contributed by atoms with Crippen LogP contribution in [0.5, 0.6) is 0 Å². The normalized spacial score (nSPS) is 31.9. The van der Waals surface area contributed by atoms with Gasteiger partial charge in [0.2, 0.25) is 0 Å². The summed E-state index contributed by atoms with van der Waals surface area (Å²) in [5, 5.41) is 4.04. The van der Waals surface area contributed by atoms with Crippen LogP contribution in [0.1, 0.15) is 16.8 Å². The van der Waals surface area contributed by atoms with E-state index in [1.807, 2.05) is 30.5 Å². The average Bonchev–Trinajstić information content (AvgIpc) is 3.10. The van der Waals surface area contributed by atoms with Crippen LogP contribution in [0.2, 0.25) is 0 Å². The minimum atomic E-state index is -0.0810. The van der Waals surface area contributed by atoms with Crippen molar-refractivity contribution in [2.45, 2.75) is 24.6 Å². The molecular formula is C15H17N3O2. The molecule has 2 fully saturated rings. The van der Waals surface area contributed by atoms with Crippen molar-refractivity contribution in [3.8, 4) is 0 Å². The van der Waals surface area contributed by atoms with Crippen molar-refractivity contribution in [3.63, 3.8) is 0 Å². The van der Waals surface area contributed by atoms with Crippen molar-refractivity contribution in [2.75, 3.05) is 6.61 Å². The van der Waals surface area contributed by atoms with Gasteiger partial charge in [-0.1, -0.05) is 0 Å². The second-order valence-corrected chi connectivity index (χ2v) is 5.64. The zero-order valence-electron chi connectivity index (χ0n) is 11.0. The number of amides is 1. The predicted octanol–water partition coefficient (Wildman–Crippen LogP) is 1.01. The van der Waals surface area contributed by atoms with Crippen LogP contribution in [-0.2, 0) is 4.74 Å². The van der Waals surface area contributed by atoms with Crippen LogP contribution in [0.25, 0.3) is 10.9 Å².